The van der Waals surface area contributed by atoms with Crippen LogP contribution in [0.15, 0.2) is 42.5 Å². The summed E-state index contributed by atoms with van der Waals surface area (Å²) in [5.41, 5.74) is 1.35. The highest BCUT2D eigenvalue weighted by Crippen LogP contribution is 2.13. The molecule has 1 heterocycles. The normalized spacial score (nSPS) is 10.4. The Bertz CT molecular complexity index is 733. The van der Waals surface area contributed by atoms with Crippen LogP contribution < -0.4 is 5.32 Å². The summed E-state index contributed by atoms with van der Waals surface area (Å²) in [6.45, 7) is 4.02. The van der Waals surface area contributed by atoms with Crippen LogP contribution in [0.1, 0.15) is 33.5 Å². The number of aromatic carboxylic acids is 1. The molecule has 2 N–H and O–H groups in total. The summed E-state index contributed by atoms with van der Waals surface area (Å²) in [7, 11) is 0. The number of aromatic nitrogens is 1. The van der Waals surface area contributed by atoms with Crippen LogP contribution in [-0.4, -0.2) is 41.8 Å². The fourth-order valence-electron chi connectivity index (χ4n) is 2.07. The third kappa shape index (κ3) is 5.98. The number of rotatable bonds is 9. The quantitative estimate of drug-likeness (QED) is 0.679. The summed E-state index contributed by atoms with van der Waals surface area (Å²) in [6.07, 6.45) is 0. The molecular formula is C18H20N2O5. The number of carboxylic acids is 1. The molecule has 0 aliphatic heterocycles. The van der Waals surface area contributed by atoms with Crippen LogP contribution in [-0.2, 0) is 16.1 Å². The van der Waals surface area contributed by atoms with Crippen molar-refractivity contribution in [3.8, 4) is 0 Å². The Balaban J connectivity index is 1.95. The first kappa shape index (κ1) is 18.6. The maximum Gasteiger partial charge on any atom is 0.354 e. The van der Waals surface area contributed by atoms with E-state index >= 15 is 0 Å². The van der Waals surface area contributed by atoms with E-state index in [1.807, 2.05) is 13.0 Å². The van der Waals surface area contributed by atoms with Gasteiger partial charge in [0, 0.05) is 12.3 Å². The maximum atomic E-state index is 12.2. The third-order valence-corrected chi connectivity index (χ3v) is 3.23. The molecule has 0 fully saturated rings. The highest BCUT2D eigenvalue weighted by molar-refractivity contribution is 6.03. The molecule has 7 nitrogen and oxygen atoms in total. The Hall–Kier alpha value is -2.77. The number of anilines is 1. The Morgan fingerprint density at radius 2 is 1.80 bits per heavy atom. The van der Waals surface area contributed by atoms with Gasteiger partial charge in [-0.25, -0.2) is 9.78 Å². The molecule has 0 unspecified atom stereocenters. The lowest BCUT2D eigenvalue weighted by Gasteiger charge is -2.08. The van der Waals surface area contributed by atoms with Crippen molar-refractivity contribution in [2.45, 2.75) is 13.5 Å². The summed E-state index contributed by atoms with van der Waals surface area (Å²) in [4.78, 5) is 27.0. The Labute approximate surface area is 145 Å². The fraction of sp³-hybridized carbons (Fsp3) is 0.278. The molecule has 7 heteroatoms. The van der Waals surface area contributed by atoms with Crippen molar-refractivity contribution >= 4 is 17.6 Å². The van der Waals surface area contributed by atoms with Gasteiger partial charge in [0.1, 0.15) is 11.4 Å². The number of ether oxygens (including phenoxy) is 2. The second-order valence-electron chi connectivity index (χ2n) is 5.12. The lowest BCUT2D eigenvalue weighted by atomic mass is 10.2. The van der Waals surface area contributed by atoms with Gasteiger partial charge < -0.3 is 19.9 Å². The van der Waals surface area contributed by atoms with E-state index in [-0.39, 0.29) is 11.4 Å². The molecule has 0 radical (unpaired) electrons. The van der Waals surface area contributed by atoms with E-state index in [1.165, 1.54) is 18.2 Å². The van der Waals surface area contributed by atoms with Gasteiger partial charge in [0.25, 0.3) is 5.91 Å². The van der Waals surface area contributed by atoms with Crippen molar-refractivity contribution in [1.29, 1.82) is 0 Å². The molecule has 0 bridgehead atoms. The molecule has 0 spiro atoms. The number of benzene rings is 1. The lowest BCUT2D eigenvalue weighted by molar-refractivity contribution is 0.0453. The van der Waals surface area contributed by atoms with Gasteiger partial charge in [0.15, 0.2) is 0 Å². The second-order valence-corrected chi connectivity index (χ2v) is 5.12. The van der Waals surface area contributed by atoms with Crippen molar-refractivity contribution in [2.75, 3.05) is 25.1 Å². The van der Waals surface area contributed by atoms with Crippen LogP contribution in [0.25, 0.3) is 0 Å². The van der Waals surface area contributed by atoms with Gasteiger partial charge in [0.2, 0.25) is 0 Å². The SMILES string of the molecule is CCOCCOCc1cccc(NC(=O)c2cccc(C(=O)O)n2)c1. The smallest absolute Gasteiger partial charge is 0.354 e. The molecular weight excluding hydrogens is 324 g/mol. The van der Waals surface area contributed by atoms with Crippen molar-refractivity contribution < 1.29 is 24.2 Å². The van der Waals surface area contributed by atoms with Crippen molar-refractivity contribution in [3.05, 3.63) is 59.4 Å². The Morgan fingerprint density at radius 3 is 2.56 bits per heavy atom. The van der Waals surface area contributed by atoms with Gasteiger partial charge in [-0.05, 0) is 36.8 Å². The number of hydrogen-bond donors (Lipinski definition) is 2. The standard InChI is InChI=1S/C18H20N2O5/c1-2-24-9-10-25-12-13-5-3-6-14(11-13)19-17(21)15-7-4-8-16(20-15)18(22)23/h3-8,11H,2,9-10,12H2,1H3,(H,19,21)(H,22,23). The minimum Gasteiger partial charge on any atom is -0.477 e. The molecule has 2 aromatic rings. The predicted molar refractivity (Wildman–Crippen MR) is 91.7 cm³/mol. The average molecular weight is 344 g/mol. The summed E-state index contributed by atoms with van der Waals surface area (Å²) in [5.74, 6) is -1.65. The molecule has 1 aromatic heterocycles. The number of amides is 1. The molecule has 0 aliphatic rings. The number of nitrogens with one attached hydrogen (secondary N) is 1. The summed E-state index contributed by atoms with van der Waals surface area (Å²) >= 11 is 0. The van der Waals surface area contributed by atoms with Gasteiger partial charge in [0.05, 0.1) is 19.8 Å². The van der Waals surface area contributed by atoms with Crippen molar-refractivity contribution in [2.24, 2.45) is 0 Å². The number of nitrogens with zero attached hydrogens (tertiary/aromatic N) is 1. The molecule has 132 valence electrons. The third-order valence-electron chi connectivity index (χ3n) is 3.23. The van der Waals surface area contributed by atoms with Gasteiger partial charge in [-0.15, -0.1) is 0 Å². The number of hydrogen-bond acceptors (Lipinski definition) is 5. The monoisotopic (exact) mass is 344 g/mol. The molecule has 1 aromatic carbocycles. The molecule has 0 atom stereocenters. The fourth-order valence-corrected chi connectivity index (χ4v) is 2.07. The van der Waals surface area contributed by atoms with E-state index < -0.39 is 11.9 Å². The van der Waals surface area contributed by atoms with Gasteiger partial charge in [-0.2, -0.15) is 0 Å². The topological polar surface area (TPSA) is 97.8 Å². The van der Waals surface area contributed by atoms with Crippen LogP contribution in [0.4, 0.5) is 5.69 Å². The first-order valence-corrected chi connectivity index (χ1v) is 7.86. The van der Waals surface area contributed by atoms with Crippen LogP contribution in [0.2, 0.25) is 0 Å². The summed E-state index contributed by atoms with van der Waals surface area (Å²) in [6, 6.07) is 11.5. The van der Waals surface area contributed by atoms with Gasteiger partial charge in [-0.1, -0.05) is 18.2 Å². The van der Waals surface area contributed by atoms with E-state index in [4.69, 9.17) is 14.6 Å². The molecule has 2 rings (SSSR count). The van der Waals surface area contributed by atoms with Crippen LogP contribution in [0.5, 0.6) is 0 Å². The average Bonchev–Trinajstić information content (AvgIpc) is 2.62. The Kier molecular flexibility index (Phi) is 7.06. The van der Waals surface area contributed by atoms with Crippen molar-refractivity contribution in [1.82, 2.24) is 4.98 Å². The van der Waals surface area contributed by atoms with E-state index in [0.29, 0.717) is 32.1 Å². The van der Waals surface area contributed by atoms with E-state index in [9.17, 15) is 9.59 Å². The van der Waals surface area contributed by atoms with E-state index in [1.54, 1.807) is 18.2 Å². The molecule has 0 saturated carbocycles. The molecule has 0 saturated heterocycles. The van der Waals surface area contributed by atoms with E-state index in [0.717, 1.165) is 5.56 Å². The predicted octanol–water partition coefficient (Wildman–Crippen LogP) is 2.59. The zero-order chi connectivity index (χ0) is 18.1. The number of carbonyl (C=O) groups is 2. The lowest BCUT2D eigenvalue weighted by Crippen LogP contribution is -2.15. The van der Waals surface area contributed by atoms with E-state index in [2.05, 4.69) is 10.3 Å². The molecule has 0 aliphatic carbocycles. The highest BCUT2D eigenvalue weighted by atomic mass is 16.5. The first-order valence-electron chi connectivity index (χ1n) is 7.86. The first-order chi connectivity index (χ1) is 12.1. The minimum atomic E-state index is -1.18. The van der Waals surface area contributed by atoms with Crippen LogP contribution in [0, 0.1) is 0 Å². The second kappa shape index (κ2) is 9.51. The largest absolute Gasteiger partial charge is 0.477 e. The summed E-state index contributed by atoms with van der Waals surface area (Å²) in [5, 5.41) is 11.6. The van der Waals surface area contributed by atoms with Gasteiger partial charge >= 0.3 is 5.97 Å². The maximum absolute atomic E-state index is 12.2. The Morgan fingerprint density at radius 1 is 1.08 bits per heavy atom. The van der Waals surface area contributed by atoms with Gasteiger partial charge in [-0.3, -0.25) is 4.79 Å². The summed E-state index contributed by atoms with van der Waals surface area (Å²) < 4.78 is 10.7. The highest BCUT2D eigenvalue weighted by Gasteiger charge is 2.11. The van der Waals surface area contributed by atoms with Crippen LogP contribution >= 0.6 is 0 Å². The van der Waals surface area contributed by atoms with Crippen molar-refractivity contribution in [3.63, 3.8) is 0 Å². The van der Waals surface area contributed by atoms with Crippen LogP contribution in [0.3, 0.4) is 0 Å². The molecule has 25 heavy (non-hydrogen) atoms. The number of pyridine rings is 1. The zero-order valence-corrected chi connectivity index (χ0v) is 13.9. The zero-order valence-electron chi connectivity index (χ0n) is 13.9. The molecule has 1 amide bonds. The number of carboxylic acid groups (broad SMARTS) is 1. The minimum absolute atomic E-state index is 0.0401. The number of carbonyl (C=O) groups excluding carboxylic acids is 1.